The number of aromatic nitrogens is 1. The van der Waals surface area contributed by atoms with Crippen molar-refractivity contribution < 1.29 is 9.90 Å². The molecule has 0 spiro atoms. The van der Waals surface area contributed by atoms with Crippen molar-refractivity contribution in [1.29, 1.82) is 0 Å². The first-order chi connectivity index (χ1) is 7.65. The lowest BCUT2D eigenvalue weighted by Crippen LogP contribution is -1.99. The Morgan fingerprint density at radius 2 is 2.31 bits per heavy atom. The van der Waals surface area contributed by atoms with Gasteiger partial charge in [0.2, 0.25) is 0 Å². The number of carbonyl (C=O) groups is 1. The third-order valence-electron chi connectivity index (χ3n) is 1.96. The van der Waals surface area contributed by atoms with E-state index in [1.807, 2.05) is 24.3 Å². The Kier molecular flexibility index (Phi) is 3.55. The van der Waals surface area contributed by atoms with Crippen LogP contribution in [0.25, 0.3) is 10.6 Å². The van der Waals surface area contributed by atoms with E-state index >= 15 is 0 Å². The van der Waals surface area contributed by atoms with E-state index in [1.165, 1.54) is 11.3 Å². The minimum Gasteiger partial charge on any atom is -0.481 e. The molecule has 0 bridgehead atoms. The second kappa shape index (κ2) is 4.92. The SMILES string of the molecule is O=C(O)Cc1csc(-c2cccc(I)c2)n1. The van der Waals surface area contributed by atoms with Gasteiger partial charge in [-0.05, 0) is 34.7 Å². The molecule has 82 valence electrons. The van der Waals surface area contributed by atoms with Crippen molar-refractivity contribution >= 4 is 39.9 Å². The number of carboxylic acids is 1. The summed E-state index contributed by atoms with van der Waals surface area (Å²) in [4.78, 5) is 14.8. The Morgan fingerprint density at radius 1 is 1.50 bits per heavy atom. The van der Waals surface area contributed by atoms with Crippen LogP contribution in [-0.2, 0) is 11.2 Å². The minimum atomic E-state index is -0.848. The van der Waals surface area contributed by atoms with E-state index in [4.69, 9.17) is 5.11 Å². The molecule has 5 heteroatoms. The van der Waals surface area contributed by atoms with Crippen molar-refractivity contribution in [3.8, 4) is 10.6 Å². The van der Waals surface area contributed by atoms with Crippen LogP contribution in [0.2, 0.25) is 0 Å². The van der Waals surface area contributed by atoms with Crippen molar-refractivity contribution in [2.75, 3.05) is 0 Å². The average molecular weight is 345 g/mol. The zero-order chi connectivity index (χ0) is 11.5. The molecule has 1 heterocycles. The molecule has 0 aliphatic rings. The maximum absolute atomic E-state index is 10.5. The molecule has 16 heavy (non-hydrogen) atoms. The summed E-state index contributed by atoms with van der Waals surface area (Å²) in [6.07, 6.45) is -0.0135. The number of nitrogens with zero attached hydrogens (tertiary/aromatic N) is 1. The quantitative estimate of drug-likeness (QED) is 0.870. The van der Waals surface area contributed by atoms with Gasteiger partial charge in [-0.15, -0.1) is 11.3 Å². The van der Waals surface area contributed by atoms with Gasteiger partial charge in [-0.25, -0.2) is 4.98 Å². The lowest BCUT2D eigenvalue weighted by molar-refractivity contribution is -0.136. The Bertz CT molecular complexity index is 524. The zero-order valence-electron chi connectivity index (χ0n) is 8.18. The molecule has 1 aromatic heterocycles. The number of aliphatic carboxylic acids is 1. The van der Waals surface area contributed by atoms with Crippen LogP contribution in [-0.4, -0.2) is 16.1 Å². The molecular weight excluding hydrogens is 337 g/mol. The summed E-state index contributed by atoms with van der Waals surface area (Å²) in [6.45, 7) is 0. The summed E-state index contributed by atoms with van der Waals surface area (Å²) in [5, 5.41) is 11.3. The van der Waals surface area contributed by atoms with Gasteiger partial charge in [0.25, 0.3) is 0 Å². The topological polar surface area (TPSA) is 50.2 Å². The van der Waals surface area contributed by atoms with Crippen LogP contribution in [0.15, 0.2) is 29.6 Å². The Labute approximate surface area is 110 Å². The van der Waals surface area contributed by atoms with E-state index < -0.39 is 5.97 Å². The van der Waals surface area contributed by atoms with Crippen molar-refractivity contribution in [3.63, 3.8) is 0 Å². The molecule has 0 saturated carbocycles. The predicted octanol–water partition coefficient (Wildman–Crippen LogP) is 3.04. The molecule has 2 rings (SSSR count). The van der Waals surface area contributed by atoms with Gasteiger partial charge in [-0.3, -0.25) is 4.79 Å². The Morgan fingerprint density at radius 3 is 3.00 bits per heavy atom. The van der Waals surface area contributed by atoms with Gasteiger partial charge >= 0.3 is 5.97 Å². The third kappa shape index (κ3) is 2.79. The number of thiazole rings is 1. The lowest BCUT2D eigenvalue weighted by atomic mass is 10.2. The number of benzene rings is 1. The second-order valence-corrected chi connectivity index (χ2v) is 5.33. The zero-order valence-corrected chi connectivity index (χ0v) is 11.2. The maximum Gasteiger partial charge on any atom is 0.309 e. The number of hydrogen-bond donors (Lipinski definition) is 1. The van der Waals surface area contributed by atoms with Crippen LogP contribution in [0.4, 0.5) is 0 Å². The number of halogens is 1. The molecule has 3 nitrogen and oxygen atoms in total. The fourth-order valence-electron chi connectivity index (χ4n) is 1.30. The first-order valence-electron chi connectivity index (χ1n) is 4.57. The number of carboxylic acid groups (broad SMARTS) is 1. The molecule has 0 saturated heterocycles. The van der Waals surface area contributed by atoms with E-state index in [0.717, 1.165) is 14.1 Å². The van der Waals surface area contributed by atoms with Crippen molar-refractivity contribution in [3.05, 3.63) is 38.9 Å². The summed E-state index contributed by atoms with van der Waals surface area (Å²) >= 11 is 3.72. The molecule has 0 aliphatic heterocycles. The number of rotatable bonds is 3. The summed E-state index contributed by atoms with van der Waals surface area (Å²) < 4.78 is 1.14. The van der Waals surface area contributed by atoms with Gasteiger partial charge in [-0.1, -0.05) is 12.1 Å². The van der Waals surface area contributed by atoms with Crippen molar-refractivity contribution in [1.82, 2.24) is 4.98 Å². The van der Waals surface area contributed by atoms with Crippen LogP contribution in [0.1, 0.15) is 5.69 Å². The smallest absolute Gasteiger partial charge is 0.309 e. The van der Waals surface area contributed by atoms with Gasteiger partial charge in [0, 0.05) is 14.5 Å². The molecule has 0 unspecified atom stereocenters. The van der Waals surface area contributed by atoms with Crippen molar-refractivity contribution in [2.45, 2.75) is 6.42 Å². The Balaban J connectivity index is 2.28. The summed E-state index contributed by atoms with van der Waals surface area (Å²) in [7, 11) is 0. The van der Waals surface area contributed by atoms with Gasteiger partial charge in [0.15, 0.2) is 0 Å². The first-order valence-corrected chi connectivity index (χ1v) is 6.53. The molecule has 0 fully saturated rings. The molecule has 1 aromatic carbocycles. The molecule has 2 aromatic rings. The van der Waals surface area contributed by atoms with E-state index in [9.17, 15) is 4.79 Å². The van der Waals surface area contributed by atoms with Crippen LogP contribution in [0, 0.1) is 3.57 Å². The van der Waals surface area contributed by atoms with Crippen molar-refractivity contribution in [2.24, 2.45) is 0 Å². The molecule has 1 N–H and O–H groups in total. The van der Waals surface area contributed by atoms with Crippen LogP contribution >= 0.6 is 33.9 Å². The monoisotopic (exact) mass is 345 g/mol. The molecule has 0 radical (unpaired) electrons. The molecule has 0 atom stereocenters. The standard InChI is InChI=1S/C11H8INO2S/c12-8-3-1-2-7(4-8)11-13-9(6-16-11)5-10(14)15/h1-4,6H,5H2,(H,14,15). The van der Waals surface area contributed by atoms with Gasteiger partial charge < -0.3 is 5.11 Å². The van der Waals surface area contributed by atoms with Gasteiger partial charge in [-0.2, -0.15) is 0 Å². The lowest BCUT2D eigenvalue weighted by Gasteiger charge is -1.96. The normalized spacial score (nSPS) is 10.3. The van der Waals surface area contributed by atoms with E-state index in [1.54, 1.807) is 5.38 Å². The highest BCUT2D eigenvalue weighted by molar-refractivity contribution is 14.1. The predicted molar refractivity (Wildman–Crippen MR) is 71.6 cm³/mol. The van der Waals surface area contributed by atoms with E-state index in [2.05, 4.69) is 27.6 Å². The summed E-state index contributed by atoms with van der Waals surface area (Å²) in [5.74, 6) is -0.848. The largest absolute Gasteiger partial charge is 0.481 e. The number of hydrogen-bond acceptors (Lipinski definition) is 3. The van der Waals surface area contributed by atoms with Crippen LogP contribution in [0.3, 0.4) is 0 Å². The van der Waals surface area contributed by atoms with E-state index in [-0.39, 0.29) is 6.42 Å². The highest BCUT2D eigenvalue weighted by Crippen LogP contribution is 2.25. The average Bonchev–Trinajstić information content (AvgIpc) is 2.65. The third-order valence-corrected chi connectivity index (χ3v) is 3.57. The molecule has 0 amide bonds. The maximum atomic E-state index is 10.5. The van der Waals surface area contributed by atoms with Gasteiger partial charge in [0.1, 0.15) is 5.01 Å². The summed E-state index contributed by atoms with van der Waals surface area (Å²) in [5.41, 5.74) is 1.65. The minimum absolute atomic E-state index is 0.0135. The summed E-state index contributed by atoms with van der Waals surface area (Å²) in [6, 6.07) is 7.99. The fourth-order valence-corrected chi connectivity index (χ4v) is 2.66. The second-order valence-electron chi connectivity index (χ2n) is 3.22. The van der Waals surface area contributed by atoms with Crippen LogP contribution in [0.5, 0.6) is 0 Å². The fraction of sp³-hybridized carbons (Fsp3) is 0.0909. The van der Waals surface area contributed by atoms with Gasteiger partial charge in [0.05, 0.1) is 12.1 Å². The van der Waals surface area contributed by atoms with Crippen LogP contribution < -0.4 is 0 Å². The highest BCUT2D eigenvalue weighted by Gasteiger charge is 2.07. The van der Waals surface area contributed by atoms with E-state index in [0.29, 0.717) is 5.69 Å². The Hall–Kier alpha value is -0.950. The first kappa shape index (κ1) is 11.5. The highest BCUT2D eigenvalue weighted by atomic mass is 127. The molecule has 0 aliphatic carbocycles. The molecular formula is C11H8INO2S.